The third kappa shape index (κ3) is 4.11. The van der Waals surface area contributed by atoms with E-state index in [0.717, 1.165) is 11.3 Å². The average Bonchev–Trinajstić information content (AvgIpc) is 3.14. The molecule has 25 heavy (non-hydrogen) atoms. The van der Waals surface area contributed by atoms with E-state index in [4.69, 9.17) is 5.14 Å². The summed E-state index contributed by atoms with van der Waals surface area (Å²) in [5.74, 6) is -0.220. The summed E-state index contributed by atoms with van der Waals surface area (Å²) < 4.78 is 24.1. The Morgan fingerprint density at radius 2 is 1.76 bits per heavy atom. The van der Waals surface area contributed by atoms with Crippen LogP contribution in [-0.4, -0.2) is 24.1 Å². The predicted molar refractivity (Wildman–Crippen MR) is 92.5 cm³/mol. The quantitative estimate of drug-likeness (QED) is 0.721. The molecule has 0 saturated heterocycles. The van der Waals surface area contributed by atoms with E-state index in [1.807, 2.05) is 24.4 Å². The number of nitrogens with zero attached hydrogens (tertiary/aromatic N) is 2. The molecule has 0 fully saturated rings. The van der Waals surface area contributed by atoms with Crippen LogP contribution in [0.15, 0.2) is 71.9 Å². The first kappa shape index (κ1) is 16.9. The van der Waals surface area contributed by atoms with Crippen molar-refractivity contribution >= 4 is 15.9 Å². The summed E-state index contributed by atoms with van der Waals surface area (Å²) in [6, 6.07) is 14.9. The zero-order chi connectivity index (χ0) is 17.9. The van der Waals surface area contributed by atoms with E-state index >= 15 is 0 Å². The number of aromatic nitrogens is 2. The highest BCUT2D eigenvalue weighted by molar-refractivity contribution is 7.89. The van der Waals surface area contributed by atoms with Crippen molar-refractivity contribution in [1.29, 1.82) is 0 Å². The first-order chi connectivity index (χ1) is 11.9. The highest BCUT2D eigenvalue weighted by Crippen LogP contribution is 2.10. The van der Waals surface area contributed by atoms with Crippen LogP contribution in [0, 0.1) is 0 Å². The summed E-state index contributed by atoms with van der Waals surface area (Å²) >= 11 is 0. The molecular formula is C17H16N4O3S. The molecule has 0 saturated carbocycles. The van der Waals surface area contributed by atoms with Crippen molar-refractivity contribution in [1.82, 2.24) is 15.1 Å². The predicted octanol–water partition coefficient (Wildman–Crippen LogP) is 1.45. The molecule has 3 N–H and O–H groups in total. The molecule has 1 aromatic heterocycles. The van der Waals surface area contributed by atoms with Crippen LogP contribution in [0.5, 0.6) is 0 Å². The lowest BCUT2D eigenvalue weighted by molar-refractivity contribution is 0.0951. The molecule has 3 rings (SSSR count). The van der Waals surface area contributed by atoms with Gasteiger partial charge in [-0.2, -0.15) is 5.10 Å². The summed E-state index contributed by atoms with van der Waals surface area (Å²) in [7, 11) is -3.71. The van der Waals surface area contributed by atoms with Crippen LogP contribution in [0.1, 0.15) is 15.9 Å². The molecule has 0 aliphatic rings. The van der Waals surface area contributed by atoms with E-state index in [-0.39, 0.29) is 17.3 Å². The van der Waals surface area contributed by atoms with Crippen LogP contribution in [0.2, 0.25) is 0 Å². The fourth-order valence-corrected chi connectivity index (χ4v) is 2.78. The molecule has 0 atom stereocenters. The zero-order valence-electron chi connectivity index (χ0n) is 13.2. The molecule has 0 unspecified atom stereocenters. The van der Waals surface area contributed by atoms with Gasteiger partial charge in [-0.05, 0) is 48.0 Å². The van der Waals surface area contributed by atoms with Gasteiger partial charge >= 0.3 is 0 Å². The van der Waals surface area contributed by atoms with Gasteiger partial charge in [-0.1, -0.05) is 12.1 Å². The summed E-state index contributed by atoms with van der Waals surface area (Å²) in [5.41, 5.74) is 2.16. The van der Waals surface area contributed by atoms with Gasteiger partial charge in [0.25, 0.3) is 5.91 Å². The Hall–Kier alpha value is -2.97. The van der Waals surface area contributed by atoms with Gasteiger partial charge in [0.05, 0.1) is 10.6 Å². The second kappa shape index (κ2) is 6.88. The number of sulfonamides is 1. The minimum absolute atomic E-state index is 0.0387. The zero-order valence-corrected chi connectivity index (χ0v) is 14.0. The van der Waals surface area contributed by atoms with Crippen LogP contribution >= 0.6 is 0 Å². The van der Waals surface area contributed by atoms with E-state index in [1.165, 1.54) is 12.1 Å². The maximum atomic E-state index is 12.2. The normalized spacial score (nSPS) is 11.2. The van der Waals surface area contributed by atoms with Crippen LogP contribution in [0.25, 0.3) is 5.69 Å². The van der Waals surface area contributed by atoms with Crippen molar-refractivity contribution in [3.8, 4) is 5.69 Å². The van der Waals surface area contributed by atoms with Gasteiger partial charge in [0.1, 0.15) is 0 Å². The lowest BCUT2D eigenvalue weighted by Gasteiger charge is -2.07. The topological polar surface area (TPSA) is 107 Å². The lowest BCUT2D eigenvalue weighted by Crippen LogP contribution is -2.22. The molecule has 1 heterocycles. The fraction of sp³-hybridized carbons (Fsp3) is 0.0588. The second-order valence-electron chi connectivity index (χ2n) is 5.37. The Labute approximate surface area is 145 Å². The third-order valence-electron chi connectivity index (χ3n) is 3.60. The van der Waals surface area contributed by atoms with Gasteiger partial charge in [0.15, 0.2) is 0 Å². The van der Waals surface area contributed by atoms with E-state index in [2.05, 4.69) is 10.4 Å². The molecule has 0 aliphatic heterocycles. The molecule has 0 aliphatic carbocycles. The SMILES string of the molecule is NS(=O)(=O)c1ccc(CNC(=O)c2ccc(-n3cccn3)cc2)cc1. The van der Waals surface area contributed by atoms with Gasteiger partial charge in [-0.15, -0.1) is 0 Å². The number of carbonyl (C=O) groups is 1. The molecule has 1 amide bonds. The van der Waals surface area contributed by atoms with E-state index in [9.17, 15) is 13.2 Å². The maximum absolute atomic E-state index is 12.2. The van der Waals surface area contributed by atoms with Crippen molar-refractivity contribution in [2.75, 3.05) is 0 Å². The number of benzene rings is 2. The van der Waals surface area contributed by atoms with Crippen LogP contribution in [-0.2, 0) is 16.6 Å². The van der Waals surface area contributed by atoms with Crippen molar-refractivity contribution in [2.45, 2.75) is 11.4 Å². The van der Waals surface area contributed by atoms with Crippen LogP contribution in [0.4, 0.5) is 0 Å². The number of hydrogen-bond acceptors (Lipinski definition) is 4. The van der Waals surface area contributed by atoms with Gasteiger partial charge < -0.3 is 5.32 Å². The van der Waals surface area contributed by atoms with Gasteiger partial charge in [-0.25, -0.2) is 18.2 Å². The van der Waals surface area contributed by atoms with E-state index in [0.29, 0.717) is 5.56 Å². The number of amides is 1. The number of rotatable bonds is 5. The molecular weight excluding hydrogens is 340 g/mol. The summed E-state index contributed by atoms with van der Waals surface area (Å²) in [4.78, 5) is 12.2. The Morgan fingerprint density at radius 3 is 2.32 bits per heavy atom. The number of hydrogen-bond donors (Lipinski definition) is 2. The highest BCUT2D eigenvalue weighted by Gasteiger charge is 2.08. The molecule has 3 aromatic rings. The maximum Gasteiger partial charge on any atom is 0.251 e. The molecule has 0 radical (unpaired) electrons. The number of nitrogens with one attached hydrogen (secondary N) is 1. The number of nitrogens with two attached hydrogens (primary N) is 1. The van der Waals surface area contributed by atoms with Gasteiger partial charge in [0, 0.05) is 24.5 Å². The minimum Gasteiger partial charge on any atom is -0.348 e. The molecule has 8 heteroatoms. The Morgan fingerprint density at radius 1 is 1.08 bits per heavy atom. The average molecular weight is 356 g/mol. The number of primary sulfonamides is 1. The molecule has 7 nitrogen and oxygen atoms in total. The Balaban J connectivity index is 1.62. The van der Waals surface area contributed by atoms with Crippen LogP contribution < -0.4 is 10.5 Å². The van der Waals surface area contributed by atoms with E-state index < -0.39 is 10.0 Å². The van der Waals surface area contributed by atoms with Crippen LogP contribution in [0.3, 0.4) is 0 Å². The highest BCUT2D eigenvalue weighted by atomic mass is 32.2. The number of carbonyl (C=O) groups excluding carboxylic acids is 1. The lowest BCUT2D eigenvalue weighted by atomic mass is 10.2. The van der Waals surface area contributed by atoms with Gasteiger partial charge in [-0.3, -0.25) is 4.79 Å². The Kier molecular flexibility index (Phi) is 4.64. The summed E-state index contributed by atoms with van der Waals surface area (Å²) in [6.07, 6.45) is 3.50. The van der Waals surface area contributed by atoms with Crippen molar-refractivity contribution in [3.63, 3.8) is 0 Å². The summed E-state index contributed by atoms with van der Waals surface area (Å²) in [6.45, 7) is 0.282. The monoisotopic (exact) mass is 356 g/mol. The molecule has 0 spiro atoms. The molecule has 128 valence electrons. The Bertz CT molecular complexity index is 964. The standard InChI is InChI=1S/C17H16N4O3S/c18-25(23,24)16-8-2-13(3-9-16)12-19-17(22)14-4-6-15(7-5-14)21-11-1-10-20-21/h1-11H,12H2,(H,19,22)(H2,18,23,24). The largest absolute Gasteiger partial charge is 0.348 e. The molecule has 0 bridgehead atoms. The second-order valence-corrected chi connectivity index (χ2v) is 6.93. The third-order valence-corrected chi connectivity index (χ3v) is 4.53. The minimum atomic E-state index is -3.71. The van der Waals surface area contributed by atoms with Crippen molar-refractivity contribution < 1.29 is 13.2 Å². The fourth-order valence-electron chi connectivity index (χ4n) is 2.27. The van der Waals surface area contributed by atoms with Gasteiger partial charge in [0.2, 0.25) is 10.0 Å². The van der Waals surface area contributed by atoms with E-state index in [1.54, 1.807) is 35.1 Å². The van der Waals surface area contributed by atoms with Crippen molar-refractivity contribution in [3.05, 3.63) is 78.1 Å². The summed E-state index contributed by atoms with van der Waals surface area (Å²) in [5, 5.41) is 12.0. The first-order valence-corrected chi connectivity index (χ1v) is 8.98. The molecule has 2 aromatic carbocycles. The smallest absolute Gasteiger partial charge is 0.251 e. The first-order valence-electron chi connectivity index (χ1n) is 7.43. The van der Waals surface area contributed by atoms with Crippen molar-refractivity contribution in [2.24, 2.45) is 5.14 Å².